The van der Waals surface area contributed by atoms with Crippen molar-refractivity contribution in [3.05, 3.63) is 234 Å². The lowest BCUT2D eigenvalue weighted by atomic mass is 9.79. The number of carboxylic acids is 1. The van der Waals surface area contributed by atoms with E-state index in [-0.39, 0.29) is 79.9 Å². The lowest BCUT2D eigenvalue weighted by molar-refractivity contribution is -0.158. The number of unbranched alkanes of at least 4 members (excludes halogenated alkanes) is 4. The molecule has 0 spiro atoms. The Bertz CT molecular complexity index is 4990. The van der Waals surface area contributed by atoms with Crippen LogP contribution in [0.1, 0.15) is 154 Å². The van der Waals surface area contributed by atoms with E-state index >= 15 is 8.78 Å². The van der Waals surface area contributed by atoms with Crippen molar-refractivity contribution in [1.82, 2.24) is 41.0 Å². The van der Waals surface area contributed by atoms with Gasteiger partial charge in [-0.15, -0.1) is 0 Å². The zero-order chi connectivity index (χ0) is 96.6. The molecule has 714 valence electrons. The Labute approximate surface area is 766 Å². The maximum absolute atomic E-state index is 15.0. The normalized spacial score (nSPS) is 15.0. The Kier molecular flexibility index (Phi) is 45.9. The van der Waals surface area contributed by atoms with Gasteiger partial charge in [0.15, 0.2) is 11.4 Å². The minimum atomic E-state index is -2.06. The number of carboxylic acid groups (broad SMARTS) is 1. The van der Waals surface area contributed by atoms with Crippen LogP contribution in [0.15, 0.2) is 161 Å². The van der Waals surface area contributed by atoms with Crippen molar-refractivity contribution in [1.29, 1.82) is 0 Å². The van der Waals surface area contributed by atoms with Crippen molar-refractivity contribution in [2.24, 2.45) is 17.6 Å². The minimum Gasteiger partial charge on any atom is -0.480 e. The van der Waals surface area contributed by atoms with E-state index in [4.69, 9.17) is 37.0 Å². The van der Waals surface area contributed by atoms with Crippen LogP contribution in [-0.2, 0) is 82.5 Å². The zero-order valence-electron chi connectivity index (χ0n) is 73.3. The summed E-state index contributed by atoms with van der Waals surface area (Å²) in [5, 5.41) is 123. The molecular formula is C93H120ClF2N9O25S. The van der Waals surface area contributed by atoms with E-state index in [1.54, 1.807) is 54.6 Å². The standard InChI is InChI=1S/C68H95F2N9O23S.C25H25ClO2/c1-38-59(66(98)79(33-46(71)40-13-6-5-7-14-40)68(101)78(38)32-43-44(69)16-11-17-45(43)70)41-15-10-12-39(28-41)19-22-55(88)72-26-9-4-2-3-8-18-58(91)75-47(20-23-56(89)73-30-51(84)60(92)62(94)53(86)34-80)50(83)29-42(25-27-102-37-82)64(96)76-48(65(97)77-49(36-103)67(99)100)21-24-57(90)74-31-52(85)61(93)63(95)54(87)35-81;1-4-19(3)24(27)28-25(20-10-6-5-7-11-20,21-16-14-18(2)15-17-21)22-12-8-9-13-23(22)26/h5-7,10-17,28,37,42,46-49,51-54,60-63,80-81,84-87,92-95,103H,2-4,8-9,18-27,29-36,71H2,1H3,(H,72,88)(H,73,89)(H,74,90)(H,75,91)(H,76,96)(H,77,97)(H,99,100);5-17,19H,4H2,1-3H3/t42-,46+,47+,48+,49+,51-,52-,53+,54+,60+,61+,62+,63+;/m0./s1. The highest BCUT2D eigenvalue weighted by Gasteiger charge is 2.44. The van der Waals surface area contributed by atoms with E-state index < -0.39 is 232 Å². The maximum Gasteiger partial charge on any atom is 0.331 e. The Morgan fingerprint density at radius 2 is 1.12 bits per heavy atom. The first kappa shape index (κ1) is 109. The number of carbonyl (C=O) groups excluding carboxylic acids is 9. The number of nitrogens with zero attached hydrogens (tertiary/aromatic N) is 2. The molecule has 0 saturated heterocycles. The van der Waals surface area contributed by atoms with Gasteiger partial charge in [-0.3, -0.25) is 57.1 Å². The number of aliphatic hydroxyl groups excluding tert-OH is 10. The van der Waals surface area contributed by atoms with Crippen LogP contribution in [0.2, 0.25) is 5.02 Å². The third kappa shape index (κ3) is 33.0. The summed E-state index contributed by atoms with van der Waals surface area (Å²) in [7, 11) is 0. The van der Waals surface area contributed by atoms with Crippen molar-refractivity contribution in [3.8, 4) is 11.1 Å². The molecule has 1 heterocycles. The zero-order valence-corrected chi connectivity index (χ0v) is 74.9. The van der Waals surface area contributed by atoms with Crippen LogP contribution in [-0.4, -0.2) is 237 Å². The Morgan fingerprint density at radius 1 is 0.588 bits per heavy atom. The summed E-state index contributed by atoms with van der Waals surface area (Å²) in [4.78, 5) is 159. The molecule has 7 rings (SSSR count). The van der Waals surface area contributed by atoms with Gasteiger partial charge in [0.2, 0.25) is 35.4 Å². The van der Waals surface area contributed by atoms with E-state index in [0.29, 0.717) is 53.8 Å². The van der Waals surface area contributed by atoms with Gasteiger partial charge in [0.05, 0.1) is 62.6 Å². The average Bonchev–Trinajstić information content (AvgIpc) is 1.28. The Hall–Kier alpha value is -11.0. The second kappa shape index (κ2) is 55.3. The molecule has 19 N–H and O–H groups in total. The van der Waals surface area contributed by atoms with Crippen LogP contribution >= 0.6 is 24.2 Å². The number of aliphatic carboxylic acids is 1. The molecule has 0 aliphatic rings. The number of Topliss-reactive ketones (excluding diaryl/α,β-unsaturated/α-hetero) is 1. The number of aryl methyl sites for hydroxylation is 2. The number of ether oxygens (including phenoxy) is 2. The number of benzene rings is 6. The fourth-order valence-corrected chi connectivity index (χ4v) is 14.6. The molecule has 34 nitrogen and oxygen atoms in total. The smallest absolute Gasteiger partial charge is 0.331 e. The molecule has 7 aromatic rings. The number of esters is 1. The molecule has 2 unspecified atom stereocenters. The highest BCUT2D eigenvalue weighted by Crippen LogP contribution is 2.44. The number of hydrogen-bond acceptors (Lipinski definition) is 26. The molecule has 131 heavy (non-hydrogen) atoms. The van der Waals surface area contributed by atoms with Gasteiger partial charge in [-0.2, -0.15) is 12.6 Å². The number of ketones is 1. The molecule has 0 bridgehead atoms. The van der Waals surface area contributed by atoms with Crippen LogP contribution in [0.3, 0.4) is 0 Å². The summed E-state index contributed by atoms with van der Waals surface area (Å²) in [6.07, 6.45) is -15.8. The van der Waals surface area contributed by atoms with E-state index in [1.165, 1.54) is 13.0 Å². The minimum absolute atomic E-state index is 0.0339. The molecule has 6 amide bonds. The predicted octanol–water partition coefficient (Wildman–Crippen LogP) is 3.20. The number of thiol groups is 1. The predicted molar refractivity (Wildman–Crippen MR) is 481 cm³/mol. The second-order valence-corrected chi connectivity index (χ2v) is 32.6. The summed E-state index contributed by atoms with van der Waals surface area (Å²) < 4.78 is 43.2. The molecule has 1 aromatic heterocycles. The van der Waals surface area contributed by atoms with Crippen molar-refractivity contribution in [2.45, 2.75) is 216 Å². The highest BCUT2D eigenvalue weighted by molar-refractivity contribution is 7.80. The van der Waals surface area contributed by atoms with E-state index in [2.05, 4.69) is 44.5 Å². The number of aromatic nitrogens is 2. The highest BCUT2D eigenvalue weighted by atomic mass is 35.5. The van der Waals surface area contributed by atoms with Crippen molar-refractivity contribution >= 4 is 83.9 Å². The number of amides is 6. The molecule has 0 aliphatic heterocycles. The number of nitrogens with two attached hydrogens (primary N) is 1. The summed E-state index contributed by atoms with van der Waals surface area (Å²) in [5.74, 6) is -11.6. The molecule has 6 aromatic carbocycles. The van der Waals surface area contributed by atoms with Gasteiger partial charge >= 0.3 is 17.6 Å². The van der Waals surface area contributed by atoms with Gasteiger partial charge in [0.25, 0.3) is 12.0 Å². The van der Waals surface area contributed by atoms with E-state index in [1.807, 2.05) is 99.6 Å². The number of halogens is 3. The van der Waals surface area contributed by atoms with Crippen LogP contribution in [0.4, 0.5) is 8.78 Å². The first-order valence-electron chi connectivity index (χ1n) is 43.0. The number of carbonyl (C=O) groups is 10. The molecule has 38 heteroatoms. The van der Waals surface area contributed by atoms with Gasteiger partial charge < -0.3 is 103 Å². The van der Waals surface area contributed by atoms with Crippen LogP contribution in [0, 0.1) is 37.3 Å². The van der Waals surface area contributed by atoms with Gasteiger partial charge in [-0.05, 0) is 93.7 Å². The number of aliphatic hydroxyl groups is 10. The number of rotatable bonds is 55. The van der Waals surface area contributed by atoms with Gasteiger partial charge in [-0.25, -0.2) is 18.4 Å². The monoisotopic (exact) mass is 1870 g/mol. The molecule has 0 saturated carbocycles. The third-order valence-electron chi connectivity index (χ3n) is 22.2. The topological polar surface area (TPSA) is 554 Å². The SMILES string of the molecule is CCC(C)C(=O)OC(c1ccccc1)(c1ccc(C)cc1)c1ccccc1Cl.Cc1c(-c2cccc(CCC(=O)NCCCCCCCC(=O)N[C@H](CCC(=O)NC[C@H](O)[C@@H](O)[C@H](O)[C@H](O)CO)C(=O)C[C@H](CCOC=O)C(=O)N[C@H](CCC(=O)NC[C@H](O)[C@@H](O)[C@H](O)[C@H](O)CO)C(=O)N[C@H](CS)C(=O)O)c2)c(=O)n(C[C@@H](N)c2ccccc2)c(=O)n1Cc1c(F)cccc1F. The van der Waals surface area contributed by atoms with Crippen LogP contribution in [0.5, 0.6) is 0 Å². The summed E-state index contributed by atoms with van der Waals surface area (Å²) >= 11 is 10.6. The molecule has 0 radical (unpaired) electrons. The van der Waals surface area contributed by atoms with Gasteiger partial charge in [0.1, 0.15) is 60.3 Å². The summed E-state index contributed by atoms with van der Waals surface area (Å²) in [6, 6.07) is 38.6. The lowest BCUT2D eigenvalue weighted by Gasteiger charge is -2.36. The first-order valence-corrected chi connectivity index (χ1v) is 44.0. The van der Waals surface area contributed by atoms with Crippen LogP contribution < -0.4 is 48.9 Å². The van der Waals surface area contributed by atoms with Crippen LogP contribution in [0.25, 0.3) is 11.1 Å². The number of nitrogens with one attached hydrogen (secondary N) is 6. The second-order valence-electron chi connectivity index (χ2n) is 31.8. The largest absolute Gasteiger partial charge is 0.480 e. The lowest BCUT2D eigenvalue weighted by Crippen LogP contribution is -2.54. The maximum atomic E-state index is 15.0. The van der Waals surface area contributed by atoms with Crippen molar-refractivity contribution in [2.75, 3.05) is 45.2 Å². The fourth-order valence-electron chi connectivity index (χ4n) is 14.1. The molecular weight excluding hydrogens is 1750 g/mol. The van der Waals surface area contributed by atoms with Crippen molar-refractivity contribution < 1.29 is 122 Å². The van der Waals surface area contributed by atoms with E-state index in [9.17, 15) is 103 Å². The Morgan fingerprint density at radius 3 is 1.69 bits per heavy atom. The van der Waals surface area contributed by atoms with Gasteiger partial charge in [0, 0.05) is 102 Å². The summed E-state index contributed by atoms with van der Waals surface area (Å²) in [5.41, 5.74) is 9.04. The summed E-state index contributed by atoms with van der Waals surface area (Å²) in [6.45, 7) is 3.05. The quantitative estimate of drug-likeness (QED) is 0.00855. The van der Waals surface area contributed by atoms with E-state index in [0.717, 1.165) is 43.5 Å². The molecule has 0 fully saturated rings. The first-order chi connectivity index (χ1) is 62.5. The average molecular weight is 1870 g/mol. The van der Waals surface area contributed by atoms with Gasteiger partial charge in [-0.1, -0.05) is 184 Å². The molecule has 0 aliphatic carbocycles. The molecule has 15 atom stereocenters. The fraction of sp³-hybridized carbons (Fsp3) is 0.462. The number of hydrogen-bond donors (Lipinski definition) is 19. The third-order valence-corrected chi connectivity index (χ3v) is 22.9. The Balaban J connectivity index is 0.000000792. The van der Waals surface area contributed by atoms with Crippen molar-refractivity contribution in [3.63, 3.8) is 0 Å².